The Bertz CT molecular complexity index is 991. The van der Waals surface area contributed by atoms with E-state index >= 15 is 0 Å². The number of Topliss-reactive ketones (excluding diaryl/α,β-unsaturated/α-hetero) is 1. The highest BCUT2D eigenvalue weighted by Gasteiger charge is 2.20. The van der Waals surface area contributed by atoms with E-state index in [4.69, 9.17) is 4.74 Å². The number of esters is 2. The van der Waals surface area contributed by atoms with Gasteiger partial charge in [0.25, 0.3) is 5.69 Å². The van der Waals surface area contributed by atoms with Crippen LogP contribution in [0, 0.1) is 10.1 Å². The number of rotatable bonds is 7. The zero-order valence-corrected chi connectivity index (χ0v) is 17.2. The second-order valence-corrected chi connectivity index (χ2v) is 7.47. The number of methoxy groups -OCH3 is 1. The van der Waals surface area contributed by atoms with Gasteiger partial charge in [-0.25, -0.2) is 9.59 Å². The molecule has 0 saturated heterocycles. The highest BCUT2D eigenvalue weighted by atomic mass is 16.6. The van der Waals surface area contributed by atoms with Gasteiger partial charge in [0.2, 0.25) is 0 Å². The van der Waals surface area contributed by atoms with Gasteiger partial charge in [-0.1, -0.05) is 43.5 Å². The molecule has 0 N–H and O–H groups in total. The monoisotopic (exact) mass is 425 g/mol. The summed E-state index contributed by atoms with van der Waals surface area (Å²) in [5, 5.41) is 11.1. The molecule has 0 spiro atoms. The molecule has 0 amide bonds. The van der Waals surface area contributed by atoms with Crippen molar-refractivity contribution in [3.05, 3.63) is 74.8 Å². The average Bonchev–Trinajstić information content (AvgIpc) is 2.82. The molecule has 162 valence electrons. The van der Waals surface area contributed by atoms with E-state index in [1.165, 1.54) is 24.8 Å². The van der Waals surface area contributed by atoms with Gasteiger partial charge in [0.15, 0.2) is 12.4 Å². The van der Waals surface area contributed by atoms with E-state index in [-0.39, 0.29) is 16.9 Å². The molecule has 0 aromatic heterocycles. The minimum Gasteiger partial charge on any atom is -0.465 e. The molecule has 1 aliphatic carbocycles. The quantitative estimate of drug-likeness (QED) is 0.278. The Labute approximate surface area is 179 Å². The third kappa shape index (κ3) is 5.53. The maximum Gasteiger partial charge on any atom is 0.338 e. The fourth-order valence-electron chi connectivity index (χ4n) is 3.74. The summed E-state index contributed by atoms with van der Waals surface area (Å²) in [7, 11) is 1.12. The van der Waals surface area contributed by atoms with Crippen molar-refractivity contribution in [3.63, 3.8) is 0 Å². The summed E-state index contributed by atoms with van der Waals surface area (Å²) in [6.07, 6.45) is 6.01. The van der Waals surface area contributed by atoms with Crippen molar-refractivity contribution in [1.82, 2.24) is 0 Å². The van der Waals surface area contributed by atoms with Crippen LogP contribution in [-0.2, 0) is 9.47 Å². The first kappa shape index (κ1) is 22.1. The second-order valence-electron chi connectivity index (χ2n) is 7.47. The predicted octanol–water partition coefficient (Wildman–Crippen LogP) is 4.47. The lowest BCUT2D eigenvalue weighted by Gasteiger charge is -2.22. The van der Waals surface area contributed by atoms with Crippen LogP contribution in [0.4, 0.5) is 5.69 Å². The van der Waals surface area contributed by atoms with E-state index in [1.54, 1.807) is 12.1 Å². The van der Waals surface area contributed by atoms with Crippen molar-refractivity contribution in [2.45, 2.75) is 38.0 Å². The molecule has 1 aliphatic rings. The van der Waals surface area contributed by atoms with Crippen LogP contribution in [0.2, 0.25) is 0 Å². The van der Waals surface area contributed by atoms with Crippen LogP contribution in [0.5, 0.6) is 0 Å². The molecule has 2 aromatic carbocycles. The number of carbonyl (C=O) groups excluding carboxylic acids is 3. The first-order valence-electron chi connectivity index (χ1n) is 10.1. The SMILES string of the molecule is COC(=O)c1cc(C(=O)OCC(=O)c2ccc(C3CCCCC3)cc2)cc([N+](=O)[O-])c1. The lowest BCUT2D eigenvalue weighted by Crippen LogP contribution is -2.15. The van der Waals surface area contributed by atoms with Crippen LogP contribution < -0.4 is 0 Å². The highest BCUT2D eigenvalue weighted by Crippen LogP contribution is 2.32. The number of nitrogens with zero attached hydrogens (tertiary/aromatic N) is 1. The van der Waals surface area contributed by atoms with Gasteiger partial charge in [0, 0.05) is 17.7 Å². The summed E-state index contributed by atoms with van der Waals surface area (Å²) in [6, 6.07) is 10.4. The van der Waals surface area contributed by atoms with Gasteiger partial charge in [-0.15, -0.1) is 0 Å². The topological polar surface area (TPSA) is 113 Å². The van der Waals surface area contributed by atoms with Crippen molar-refractivity contribution < 1.29 is 28.8 Å². The number of ether oxygens (including phenoxy) is 2. The Morgan fingerprint density at radius 2 is 1.55 bits per heavy atom. The standard InChI is InChI=1S/C23H23NO7/c1-30-22(26)18-11-19(13-20(12-18)24(28)29)23(27)31-14-21(25)17-9-7-16(8-10-17)15-5-3-2-4-6-15/h7-13,15H,2-6,14H2,1H3. The Hall–Kier alpha value is -3.55. The summed E-state index contributed by atoms with van der Waals surface area (Å²) in [5.74, 6) is -1.64. The second kappa shape index (κ2) is 9.97. The van der Waals surface area contributed by atoms with Crippen LogP contribution in [0.25, 0.3) is 0 Å². The average molecular weight is 425 g/mol. The van der Waals surface area contributed by atoms with Gasteiger partial charge in [-0.2, -0.15) is 0 Å². The third-order valence-electron chi connectivity index (χ3n) is 5.43. The van der Waals surface area contributed by atoms with Crippen LogP contribution in [0.3, 0.4) is 0 Å². The molecule has 8 heteroatoms. The number of hydrogen-bond acceptors (Lipinski definition) is 7. The number of non-ortho nitro benzene ring substituents is 1. The van der Waals surface area contributed by atoms with Gasteiger partial charge in [-0.05, 0) is 30.4 Å². The highest BCUT2D eigenvalue weighted by molar-refractivity contribution is 6.00. The fourth-order valence-corrected chi connectivity index (χ4v) is 3.74. The maximum absolute atomic E-state index is 12.4. The Morgan fingerprint density at radius 1 is 0.935 bits per heavy atom. The molecule has 2 aromatic rings. The van der Waals surface area contributed by atoms with Gasteiger partial charge in [0.05, 0.1) is 23.2 Å². The largest absolute Gasteiger partial charge is 0.465 e. The van der Waals surface area contributed by atoms with Crippen LogP contribution >= 0.6 is 0 Å². The molecular weight excluding hydrogens is 402 g/mol. The summed E-state index contributed by atoms with van der Waals surface area (Å²) < 4.78 is 9.58. The molecular formula is C23H23NO7. The van der Waals surface area contributed by atoms with E-state index < -0.39 is 29.2 Å². The molecule has 0 heterocycles. The van der Waals surface area contributed by atoms with Crippen LogP contribution in [0.15, 0.2) is 42.5 Å². The molecule has 0 aliphatic heterocycles. The van der Waals surface area contributed by atoms with Crippen LogP contribution in [0.1, 0.15) is 74.7 Å². The first-order valence-corrected chi connectivity index (χ1v) is 10.1. The number of nitro groups is 1. The summed E-state index contributed by atoms with van der Waals surface area (Å²) in [4.78, 5) is 46.8. The van der Waals surface area contributed by atoms with E-state index in [0.717, 1.165) is 38.2 Å². The molecule has 8 nitrogen and oxygen atoms in total. The first-order chi connectivity index (χ1) is 14.9. The van der Waals surface area contributed by atoms with E-state index in [9.17, 15) is 24.5 Å². The van der Waals surface area contributed by atoms with Crippen molar-refractivity contribution in [1.29, 1.82) is 0 Å². The molecule has 0 radical (unpaired) electrons. The zero-order valence-electron chi connectivity index (χ0n) is 17.2. The van der Waals surface area contributed by atoms with Crippen molar-refractivity contribution in [2.24, 2.45) is 0 Å². The van der Waals surface area contributed by atoms with Crippen molar-refractivity contribution in [2.75, 3.05) is 13.7 Å². The van der Waals surface area contributed by atoms with E-state index in [2.05, 4.69) is 4.74 Å². The van der Waals surface area contributed by atoms with E-state index in [1.807, 2.05) is 12.1 Å². The Kier molecular flexibility index (Phi) is 7.12. The number of hydrogen-bond donors (Lipinski definition) is 0. The third-order valence-corrected chi connectivity index (χ3v) is 5.43. The fraction of sp³-hybridized carbons (Fsp3) is 0.348. The van der Waals surface area contributed by atoms with Crippen molar-refractivity contribution in [3.8, 4) is 0 Å². The summed E-state index contributed by atoms with van der Waals surface area (Å²) >= 11 is 0. The molecule has 0 atom stereocenters. The molecule has 3 rings (SSSR count). The molecule has 1 saturated carbocycles. The minimum atomic E-state index is -0.943. The van der Waals surface area contributed by atoms with Gasteiger partial charge in [0.1, 0.15) is 0 Å². The predicted molar refractivity (Wildman–Crippen MR) is 111 cm³/mol. The van der Waals surface area contributed by atoms with E-state index in [0.29, 0.717) is 11.5 Å². The van der Waals surface area contributed by atoms with Gasteiger partial charge < -0.3 is 9.47 Å². The summed E-state index contributed by atoms with van der Waals surface area (Å²) in [5.41, 5.74) is 0.796. The minimum absolute atomic E-state index is 0.159. The Morgan fingerprint density at radius 3 is 2.13 bits per heavy atom. The molecule has 31 heavy (non-hydrogen) atoms. The normalized spacial score (nSPS) is 14.0. The zero-order chi connectivity index (χ0) is 22.4. The number of benzene rings is 2. The Balaban J connectivity index is 1.66. The lowest BCUT2D eigenvalue weighted by molar-refractivity contribution is -0.384. The smallest absolute Gasteiger partial charge is 0.338 e. The number of carbonyl (C=O) groups is 3. The maximum atomic E-state index is 12.4. The van der Waals surface area contributed by atoms with Crippen molar-refractivity contribution >= 4 is 23.4 Å². The number of nitro benzene ring substituents is 1. The lowest BCUT2D eigenvalue weighted by atomic mass is 9.84. The summed E-state index contributed by atoms with van der Waals surface area (Å²) in [6.45, 7) is -0.516. The number of ketones is 1. The molecule has 0 bridgehead atoms. The van der Waals surface area contributed by atoms with Gasteiger partial charge in [-0.3, -0.25) is 14.9 Å². The van der Waals surface area contributed by atoms with Gasteiger partial charge >= 0.3 is 11.9 Å². The molecule has 1 fully saturated rings. The van der Waals surface area contributed by atoms with Crippen LogP contribution in [-0.4, -0.2) is 36.4 Å². The molecule has 0 unspecified atom stereocenters.